The molecule has 2 rings (SSSR count). The fourth-order valence-electron chi connectivity index (χ4n) is 1.70. The normalized spacial score (nSPS) is 22.3. The molecule has 1 heterocycles. The quantitative estimate of drug-likeness (QED) is 0.708. The van der Waals surface area contributed by atoms with Crippen LogP contribution in [0.25, 0.3) is 0 Å². The standard InChI is InChI=1S/C10H12F2N2/c11-7-2-1-3-8(12)10(7)9-6-13-4-5-14-9/h1-3,9,13-14H,4-6H2/t9-/m0/s1. The molecule has 1 saturated heterocycles. The van der Waals surface area contributed by atoms with E-state index >= 15 is 0 Å². The average molecular weight is 198 g/mol. The number of nitrogens with one attached hydrogen (secondary N) is 2. The summed E-state index contributed by atoms with van der Waals surface area (Å²) in [7, 11) is 0. The molecule has 1 aliphatic rings. The number of hydrogen-bond donors (Lipinski definition) is 2. The van der Waals surface area contributed by atoms with Crippen molar-refractivity contribution in [2.75, 3.05) is 19.6 Å². The number of rotatable bonds is 1. The molecule has 4 heteroatoms. The Balaban J connectivity index is 2.29. The van der Waals surface area contributed by atoms with Crippen LogP contribution in [-0.4, -0.2) is 19.6 Å². The van der Waals surface area contributed by atoms with Gasteiger partial charge in [-0.3, -0.25) is 0 Å². The summed E-state index contributed by atoms with van der Waals surface area (Å²) >= 11 is 0. The van der Waals surface area contributed by atoms with Gasteiger partial charge < -0.3 is 10.6 Å². The van der Waals surface area contributed by atoms with Crippen molar-refractivity contribution < 1.29 is 8.78 Å². The Labute approximate surface area is 81.3 Å². The van der Waals surface area contributed by atoms with Crippen molar-refractivity contribution in [2.45, 2.75) is 6.04 Å². The summed E-state index contributed by atoms with van der Waals surface area (Å²) in [6, 6.07) is 3.69. The molecule has 76 valence electrons. The second-order valence-electron chi connectivity index (χ2n) is 3.35. The average Bonchev–Trinajstić information content (AvgIpc) is 2.19. The Hall–Kier alpha value is -1.00. The molecule has 1 aromatic carbocycles. The SMILES string of the molecule is Fc1cccc(F)c1[C@@H]1CNCCN1. The lowest BCUT2D eigenvalue weighted by molar-refractivity contribution is 0.401. The third-order valence-electron chi connectivity index (χ3n) is 2.39. The summed E-state index contributed by atoms with van der Waals surface area (Å²) in [6.45, 7) is 2.14. The van der Waals surface area contributed by atoms with E-state index in [4.69, 9.17) is 0 Å². The summed E-state index contributed by atoms with van der Waals surface area (Å²) in [6.07, 6.45) is 0. The van der Waals surface area contributed by atoms with E-state index in [-0.39, 0.29) is 11.6 Å². The maximum Gasteiger partial charge on any atom is 0.130 e. The van der Waals surface area contributed by atoms with Gasteiger partial charge in [0.1, 0.15) is 11.6 Å². The molecule has 2 N–H and O–H groups in total. The third-order valence-corrected chi connectivity index (χ3v) is 2.39. The first-order valence-electron chi connectivity index (χ1n) is 4.67. The van der Waals surface area contributed by atoms with Gasteiger partial charge in [0.25, 0.3) is 0 Å². The van der Waals surface area contributed by atoms with Crippen LogP contribution in [0.3, 0.4) is 0 Å². The summed E-state index contributed by atoms with van der Waals surface area (Å²) < 4.78 is 26.7. The van der Waals surface area contributed by atoms with E-state index in [1.165, 1.54) is 18.2 Å². The number of piperazine rings is 1. The molecule has 2 nitrogen and oxygen atoms in total. The van der Waals surface area contributed by atoms with Crippen molar-refractivity contribution in [1.82, 2.24) is 10.6 Å². The Morgan fingerprint density at radius 3 is 2.43 bits per heavy atom. The van der Waals surface area contributed by atoms with Crippen LogP contribution in [0.15, 0.2) is 18.2 Å². The predicted octanol–water partition coefficient (Wildman–Crippen LogP) is 1.20. The van der Waals surface area contributed by atoms with Crippen LogP contribution in [0.1, 0.15) is 11.6 Å². The molecule has 1 fully saturated rings. The topological polar surface area (TPSA) is 24.1 Å². The molecule has 0 bridgehead atoms. The minimum absolute atomic E-state index is 0.139. The van der Waals surface area contributed by atoms with Crippen molar-refractivity contribution in [1.29, 1.82) is 0 Å². The number of halogens is 2. The highest BCUT2D eigenvalue weighted by atomic mass is 19.1. The van der Waals surface area contributed by atoms with E-state index in [0.717, 1.165) is 13.1 Å². The molecular formula is C10H12F2N2. The Morgan fingerprint density at radius 1 is 1.14 bits per heavy atom. The zero-order valence-corrected chi connectivity index (χ0v) is 7.69. The minimum atomic E-state index is -0.480. The van der Waals surface area contributed by atoms with Crippen LogP contribution >= 0.6 is 0 Å². The van der Waals surface area contributed by atoms with E-state index in [9.17, 15) is 8.78 Å². The second kappa shape index (κ2) is 4.02. The minimum Gasteiger partial charge on any atom is -0.314 e. The van der Waals surface area contributed by atoms with Gasteiger partial charge in [-0.1, -0.05) is 6.07 Å². The Kier molecular flexibility index (Phi) is 2.74. The third kappa shape index (κ3) is 1.76. The highest BCUT2D eigenvalue weighted by Crippen LogP contribution is 2.20. The highest BCUT2D eigenvalue weighted by molar-refractivity contribution is 5.24. The molecule has 0 amide bonds. The van der Waals surface area contributed by atoms with Crippen LogP contribution < -0.4 is 10.6 Å². The second-order valence-corrected chi connectivity index (χ2v) is 3.35. The van der Waals surface area contributed by atoms with Gasteiger partial charge >= 0.3 is 0 Å². The molecule has 14 heavy (non-hydrogen) atoms. The van der Waals surface area contributed by atoms with E-state index < -0.39 is 11.6 Å². The zero-order valence-electron chi connectivity index (χ0n) is 7.69. The van der Waals surface area contributed by atoms with E-state index in [0.29, 0.717) is 6.54 Å². The molecule has 0 radical (unpaired) electrons. The predicted molar refractivity (Wildman–Crippen MR) is 50.0 cm³/mol. The maximum absolute atomic E-state index is 13.3. The largest absolute Gasteiger partial charge is 0.314 e. The summed E-state index contributed by atoms with van der Waals surface area (Å²) in [5, 5.41) is 6.17. The number of benzene rings is 1. The lowest BCUT2D eigenvalue weighted by Crippen LogP contribution is -2.43. The summed E-state index contributed by atoms with van der Waals surface area (Å²) in [5.74, 6) is -0.961. The van der Waals surface area contributed by atoms with Crippen molar-refractivity contribution in [3.63, 3.8) is 0 Å². The fraction of sp³-hybridized carbons (Fsp3) is 0.400. The molecule has 0 spiro atoms. The smallest absolute Gasteiger partial charge is 0.130 e. The first-order chi connectivity index (χ1) is 6.79. The van der Waals surface area contributed by atoms with Crippen molar-refractivity contribution in [2.24, 2.45) is 0 Å². The van der Waals surface area contributed by atoms with Crippen LogP contribution in [0.4, 0.5) is 8.78 Å². The van der Waals surface area contributed by atoms with Gasteiger partial charge in [0.05, 0.1) is 6.04 Å². The molecular weight excluding hydrogens is 186 g/mol. The van der Waals surface area contributed by atoms with Crippen LogP contribution in [0.5, 0.6) is 0 Å². The van der Waals surface area contributed by atoms with Gasteiger partial charge in [0.2, 0.25) is 0 Å². The van der Waals surface area contributed by atoms with Crippen molar-refractivity contribution in [3.05, 3.63) is 35.4 Å². The van der Waals surface area contributed by atoms with Gasteiger partial charge in [-0.25, -0.2) is 8.78 Å². The molecule has 1 aromatic rings. The lowest BCUT2D eigenvalue weighted by atomic mass is 10.0. The molecule has 0 aliphatic carbocycles. The van der Waals surface area contributed by atoms with Crippen molar-refractivity contribution >= 4 is 0 Å². The summed E-state index contributed by atoms with van der Waals surface area (Å²) in [4.78, 5) is 0. The van der Waals surface area contributed by atoms with Gasteiger partial charge in [0.15, 0.2) is 0 Å². The van der Waals surface area contributed by atoms with Gasteiger partial charge in [0, 0.05) is 25.2 Å². The molecule has 0 aromatic heterocycles. The molecule has 1 atom stereocenters. The van der Waals surface area contributed by atoms with Crippen LogP contribution in [0.2, 0.25) is 0 Å². The monoisotopic (exact) mass is 198 g/mol. The number of hydrogen-bond acceptors (Lipinski definition) is 2. The Morgan fingerprint density at radius 2 is 1.86 bits per heavy atom. The first kappa shape index (κ1) is 9.55. The highest BCUT2D eigenvalue weighted by Gasteiger charge is 2.21. The van der Waals surface area contributed by atoms with E-state index in [1.807, 2.05) is 0 Å². The van der Waals surface area contributed by atoms with Crippen LogP contribution in [-0.2, 0) is 0 Å². The Bertz CT molecular complexity index is 302. The fourth-order valence-corrected chi connectivity index (χ4v) is 1.70. The van der Waals surface area contributed by atoms with Gasteiger partial charge in [-0.05, 0) is 12.1 Å². The van der Waals surface area contributed by atoms with E-state index in [2.05, 4.69) is 10.6 Å². The van der Waals surface area contributed by atoms with Crippen LogP contribution in [0, 0.1) is 11.6 Å². The summed E-state index contributed by atoms with van der Waals surface area (Å²) in [5.41, 5.74) is 0.139. The maximum atomic E-state index is 13.3. The molecule has 0 saturated carbocycles. The van der Waals surface area contributed by atoms with E-state index in [1.54, 1.807) is 0 Å². The zero-order chi connectivity index (χ0) is 9.97. The molecule has 0 unspecified atom stereocenters. The van der Waals surface area contributed by atoms with Gasteiger partial charge in [-0.15, -0.1) is 0 Å². The first-order valence-corrected chi connectivity index (χ1v) is 4.67. The van der Waals surface area contributed by atoms with Gasteiger partial charge in [-0.2, -0.15) is 0 Å². The lowest BCUT2D eigenvalue weighted by Gasteiger charge is -2.25. The molecule has 1 aliphatic heterocycles. The van der Waals surface area contributed by atoms with Crippen molar-refractivity contribution in [3.8, 4) is 0 Å².